The maximum atomic E-state index is 11.8. The van der Waals surface area contributed by atoms with Gasteiger partial charge in [-0.1, -0.05) is 0 Å². The molecule has 8 heteroatoms. The van der Waals surface area contributed by atoms with E-state index in [-0.39, 0.29) is 0 Å². The summed E-state index contributed by atoms with van der Waals surface area (Å²) in [7, 11) is 0. The number of aromatic nitrogens is 1. The van der Waals surface area contributed by atoms with Crippen molar-refractivity contribution < 1.29 is 22.8 Å². The number of nitro groups is 1. The third-order valence-electron chi connectivity index (χ3n) is 1.54. The predicted molar refractivity (Wildman–Crippen MR) is 47.2 cm³/mol. The molecule has 16 heavy (non-hydrogen) atoms. The molecule has 0 amide bonds. The average molecular weight is 236 g/mol. The highest BCUT2D eigenvalue weighted by atomic mass is 19.4. The Hall–Kier alpha value is -1.86. The summed E-state index contributed by atoms with van der Waals surface area (Å²) in [5.41, 5.74) is 0.325. The smallest absolute Gasteiger partial charge is 0.422 e. The number of aryl methyl sites for hydroxylation is 1. The zero-order chi connectivity index (χ0) is 12.3. The SMILES string of the molecule is Cc1ccc(OCC(F)(F)F)c([N+](=O)[O-])n1. The summed E-state index contributed by atoms with van der Waals surface area (Å²) in [6.07, 6.45) is -4.54. The standard InChI is InChI=1S/C8H7F3N2O3/c1-5-2-3-6(7(12-5)13(14)15)16-4-8(9,10)11/h2-3H,4H2,1H3. The van der Waals surface area contributed by atoms with E-state index in [9.17, 15) is 23.3 Å². The number of alkyl halides is 3. The van der Waals surface area contributed by atoms with Gasteiger partial charge in [0.2, 0.25) is 5.75 Å². The van der Waals surface area contributed by atoms with E-state index >= 15 is 0 Å². The number of nitrogens with zero attached hydrogens (tertiary/aromatic N) is 2. The molecular weight excluding hydrogens is 229 g/mol. The Balaban J connectivity index is 2.91. The van der Waals surface area contributed by atoms with E-state index in [0.29, 0.717) is 5.69 Å². The van der Waals surface area contributed by atoms with E-state index in [1.165, 1.54) is 13.0 Å². The van der Waals surface area contributed by atoms with Crippen molar-refractivity contribution in [2.75, 3.05) is 6.61 Å². The largest absolute Gasteiger partial charge is 0.476 e. The minimum atomic E-state index is -4.54. The van der Waals surface area contributed by atoms with E-state index in [1.54, 1.807) is 0 Å². The van der Waals surface area contributed by atoms with Gasteiger partial charge in [-0.25, -0.2) is 0 Å². The molecule has 0 saturated heterocycles. The van der Waals surface area contributed by atoms with Gasteiger partial charge in [0.05, 0.1) is 0 Å². The van der Waals surface area contributed by atoms with Crippen LogP contribution >= 0.6 is 0 Å². The Kier molecular flexibility index (Phi) is 3.31. The van der Waals surface area contributed by atoms with Crippen LogP contribution in [-0.4, -0.2) is 22.7 Å². The lowest BCUT2D eigenvalue weighted by molar-refractivity contribution is -0.390. The van der Waals surface area contributed by atoms with Crippen molar-refractivity contribution in [1.82, 2.24) is 4.98 Å². The van der Waals surface area contributed by atoms with Gasteiger partial charge in [-0.3, -0.25) is 0 Å². The average Bonchev–Trinajstić information content (AvgIpc) is 2.14. The first-order valence-electron chi connectivity index (χ1n) is 4.11. The maximum absolute atomic E-state index is 11.8. The van der Waals surface area contributed by atoms with Crippen molar-refractivity contribution in [3.8, 4) is 5.75 Å². The first kappa shape index (κ1) is 12.2. The topological polar surface area (TPSA) is 65.3 Å². The van der Waals surface area contributed by atoms with E-state index in [0.717, 1.165) is 6.07 Å². The van der Waals surface area contributed by atoms with E-state index < -0.39 is 29.3 Å². The molecule has 0 aliphatic rings. The number of hydrogen-bond acceptors (Lipinski definition) is 4. The molecule has 1 aromatic heterocycles. The molecule has 0 fully saturated rings. The van der Waals surface area contributed by atoms with Gasteiger partial charge >= 0.3 is 12.0 Å². The monoisotopic (exact) mass is 236 g/mol. The van der Waals surface area contributed by atoms with E-state index in [2.05, 4.69) is 9.72 Å². The first-order valence-corrected chi connectivity index (χ1v) is 4.11. The fourth-order valence-electron chi connectivity index (χ4n) is 0.933. The molecule has 0 spiro atoms. The van der Waals surface area contributed by atoms with Crippen LogP contribution in [0, 0.1) is 17.0 Å². The summed E-state index contributed by atoms with van der Waals surface area (Å²) in [5.74, 6) is -1.21. The van der Waals surface area contributed by atoms with E-state index in [4.69, 9.17) is 0 Å². The lowest BCUT2D eigenvalue weighted by atomic mass is 10.3. The highest BCUT2D eigenvalue weighted by Crippen LogP contribution is 2.26. The molecule has 1 aromatic rings. The Bertz CT molecular complexity index is 406. The summed E-state index contributed by atoms with van der Waals surface area (Å²) in [4.78, 5) is 13.1. The van der Waals surface area contributed by atoms with Gasteiger partial charge in [0, 0.05) is 6.92 Å². The maximum Gasteiger partial charge on any atom is 0.422 e. The second-order valence-corrected chi connectivity index (χ2v) is 2.94. The molecule has 0 N–H and O–H groups in total. The van der Waals surface area contributed by atoms with Crippen molar-refractivity contribution in [3.05, 3.63) is 27.9 Å². The quantitative estimate of drug-likeness (QED) is 0.596. The molecule has 0 aliphatic heterocycles. The molecule has 0 atom stereocenters. The van der Waals surface area contributed by atoms with Crippen LogP contribution in [0.5, 0.6) is 5.75 Å². The van der Waals surface area contributed by atoms with Gasteiger partial charge in [0.15, 0.2) is 6.61 Å². The molecule has 0 aliphatic carbocycles. The molecule has 0 unspecified atom stereocenters. The molecule has 88 valence electrons. The highest BCUT2D eigenvalue weighted by molar-refractivity contribution is 5.40. The third-order valence-corrected chi connectivity index (χ3v) is 1.54. The number of rotatable bonds is 3. The zero-order valence-electron chi connectivity index (χ0n) is 8.11. The Labute approximate surface area is 88.0 Å². The highest BCUT2D eigenvalue weighted by Gasteiger charge is 2.30. The molecule has 5 nitrogen and oxygen atoms in total. The van der Waals surface area contributed by atoms with Gasteiger partial charge in [-0.15, -0.1) is 0 Å². The van der Waals surface area contributed by atoms with Crippen molar-refractivity contribution in [2.24, 2.45) is 0 Å². The molecule has 0 saturated carbocycles. The third kappa shape index (κ3) is 3.37. The predicted octanol–water partition coefficient (Wildman–Crippen LogP) is 2.24. The fourth-order valence-corrected chi connectivity index (χ4v) is 0.933. The van der Waals surface area contributed by atoms with Crippen molar-refractivity contribution in [2.45, 2.75) is 13.1 Å². The Morgan fingerprint density at radius 3 is 2.62 bits per heavy atom. The van der Waals surface area contributed by atoms with Crippen LogP contribution in [0.25, 0.3) is 0 Å². The van der Waals surface area contributed by atoms with Crippen LogP contribution in [-0.2, 0) is 0 Å². The molecular formula is C8H7F3N2O3. The lowest BCUT2D eigenvalue weighted by Gasteiger charge is -2.08. The summed E-state index contributed by atoms with van der Waals surface area (Å²) >= 11 is 0. The van der Waals surface area contributed by atoms with Crippen LogP contribution in [0.1, 0.15) is 5.69 Å². The number of pyridine rings is 1. The fraction of sp³-hybridized carbons (Fsp3) is 0.375. The van der Waals surface area contributed by atoms with Gasteiger partial charge < -0.3 is 14.9 Å². The number of hydrogen-bond donors (Lipinski definition) is 0. The van der Waals surface area contributed by atoms with Crippen molar-refractivity contribution >= 4 is 5.82 Å². The normalized spacial score (nSPS) is 11.2. The van der Waals surface area contributed by atoms with Crippen molar-refractivity contribution in [1.29, 1.82) is 0 Å². The molecule has 0 radical (unpaired) electrons. The minimum Gasteiger partial charge on any atom is -0.476 e. The molecule has 1 rings (SSSR count). The second kappa shape index (κ2) is 4.33. The van der Waals surface area contributed by atoms with Gasteiger partial charge in [0.25, 0.3) is 0 Å². The van der Waals surface area contributed by atoms with Crippen molar-refractivity contribution in [3.63, 3.8) is 0 Å². The van der Waals surface area contributed by atoms with Crippen LogP contribution < -0.4 is 4.74 Å². The van der Waals surface area contributed by atoms with Crippen LogP contribution in [0.3, 0.4) is 0 Å². The Morgan fingerprint density at radius 2 is 2.12 bits per heavy atom. The lowest BCUT2D eigenvalue weighted by Crippen LogP contribution is -2.19. The summed E-state index contributed by atoms with van der Waals surface area (Å²) in [5, 5.41) is 10.5. The second-order valence-electron chi connectivity index (χ2n) is 2.94. The van der Waals surface area contributed by atoms with Crippen LogP contribution in [0.2, 0.25) is 0 Å². The minimum absolute atomic E-state index is 0.325. The van der Waals surface area contributed by atoms with E-state index in [1.807, 2.05) is 0 Å². The summed E-state index contributed by atoms with van der Waals surface area (Å²) in [6, 6.07) is 2.42. The van der Waals surface area contributed by atoms with Crippen LogP contribution in [0.4, 0.5) is 19.0 Å². The number of ether oxygens (including phenoxy) is 1. The zero-order valence-corrected chi connectivity index (χ0v) is 8.11. The van der Waals surface area contributed by atoms with Gasteiger partial charge in [-0.2, -0.15) is 13.2 Å². The van der Waals surface area contributed by atoms with Gasteiger partial charge in [-0.05, 0) is 22.0 Å². The first-order chi connectivity index (χ1) is 7.29. The van der Waals surface area contributed by atoms with Crippen LogP contribution in [0.15, 0.2) is 12.1 Å². The summed E-state index contributed by atoms with van der Waals surface area (Å²) in [6.45, 7) is -0.0981. The van der Waals surface area contributed by atoms with Gasteiger partial charge in [0.1, 0.15) is 5.69 Å². The molecule has 0 aromatic carbocycles. The summed E-state index contributed by atoms with van der Waals surface area (Å²) < 4.78 is 39.8. The molecule has 1 heterocycles. The molecule has 0 bridgehead atoms. The number of halogens is 3. The Morgan fingerprint density at radius 1 is 1.50 bits per heavy atom.